The Bertz CT molecular complexity index is 1710. The van der Waals surface area contributed by atoms with Crippen LogP contribution in [0.5, 0.6) is 5.75 Å². The Morgan fingerprint density at radius 2 is 1.76 bits per heavy atom. The van der Waals surface area contributed by atoms with Crippen molar-refractivity contribution in [2.24, 2.45) is 0 Å². The van der Waals surface area contributed by atoms with E-state index in [2.05, 4.69) is 40.7 Å². The number of pyridine rings is 2. The fraction of sp³-hybridized carbons (Fsp3) is 0.129. The molecule has 0 amide bonds. The summed E-state index contributed by atoms with van der Waals surface area (Å²) in [5.74, 6) is 1.21. The van der Waals surface area contributed by atoms with Crippen LogP contribution < -0.4 is 9.80 Å². The molecule has 0 aliphatic carbocycles. The van der Waals surface area contributed by atoms with Crippen LogP contribution in [0, 0.1) is 12.6 Å². The van der Waals surface area contributed by atoms with Gasteiger partial charge >= 0.3 is 0 Å². The predicted molar refractivity (Wildman–Crippen MR) is 149 cm³/mol. The van der Waals surface area contributed by atoms with Crippen LogP contribution in [0.4, 0.5) is 34.3 Å². The summed E-state index contributed by atoms with van der Waals surface area (Å²) < 4.78 is 0. The van der Waals surface area contributed by atoms with Crippen LogP contribution >= 0.6 is 0 Å². The molecule has 0 spiro atoms. The van der Waals surface area contributed by atoms with Crippen molar-refractivity contribution in [3.63, 3.8) is 0 Å². The van der Waals surface area contributed by atoms with Gasteiger partial charge in [-0.15, -0.1) is 23.8 Å². The molecule has 2 aromatic heterocycles. The summed E-state index contributed by atoms with van der Waals surface area (Å²) in [6.45, 7) is 11.8. The van der Waals surface area contributed by atoms with Crippen LogP contribution in [0.2, 0.25) is 0 Å². The van der Waals surface area contributed by atoms with Gasteiger partial charge in [-0.1, -0.05) is 44.2 Å². The molecule has 0 atom stereocenters. The number of fused-ring (bicyclic) bond motifs is 3. The smallest absolute Gasteiger partial charge is 0.189 e. The Kier molecular flexibility index (Phi) is 6.65. The van der Waals surface area contributed by atoms with Crippen molar-refractivity contribution in [2.75, 3.05) is 16.8 Å². The van der Waals surface area contributed by atoms with Crippen LogP contribution in [-0.4, -0.2) is 22.1 Å². The number of phenols is 1. The number of phenolic OH excluding ortho intramolecular Hbond substituents is 1. The van der Waals surface area contributed by atoms with Gasteiger partial charge in [0.05, 0.1) is 17.9 Å². The van der Waals surface area contributed by atoms with Gasteiger partial charge in [-0.3, -0.25) is 4.98 Å². The van der Waals surface area contributed by atoms with Gasteiger partial charge in [0, 0.05) is 39.7 Å². The Labute approximate surface area is 236 Å². The molecule has 0 unspecified atom stereocenters. The van der Waals surface area contributed by atoms with E-state index in [1.807, 2.05) is 72.6 Å². The third-order valence-electron chi connectivity index (χ3n) is 6.82. The van der Waals surface area contributed by atoms with Gasteiger partial charge in [0.15, 0.2) is 5.69 Å². The summed E-state index contributed by atoms with van der Waals surface area (Å²) in [4.78, 5) is 17.3. The van der Waals surface area contributed by atoms with Crippen molar-refractivity contribution in [1.29, 1.82) is 0 Å². The molecule has 5 aromatic rings. The average molecular weight is 678 g/mol. The molecule has 7 heteroatoms. The van der Waals surface area contributed by atoms with Crippen molar-refractivity contribution in [1.82, 2.24) is 9.97 Å². The van der Waals surface area contributed by atoms with Crippen molar-refractivity contribution < 1.29 is 26.2 Å². The van der Waals surface area contributed by atoms with Crippen LogP contribution in [0.3, 0.4) is 0 Å². The summed E-state index contributed by atoms with van der Waals surface area (Å²) in [6.07, 6.45) is 1.76. The van der Waals surface area contributed by atoms with Gasteiger partial charge in [0.1, 0.15) is 17.1 Å². The second-order valence-electron chi connectivity index (χ2n) is 9.39. The largest absolute Gasteiger partial charge is 0.506 e. The first-order valence-electron chi connectivity index (χ1n) is 12.1. The van der Waals surface area contributed by atoms with Gasteiger partial charge in [0.2, 0.25) is 0 Å². The van der Waals surface area contributed by atoms with E-state index in [0.717, 1.165) is 50.8 Å². The maximum atomic E-state index is 10.6. The van der Waals surface area contributed by atoms with Crippen LogP contribution in [-0.2, 0) is 21.1 Å². The van der Waals surface area contributed by atoms with E-state index < -0.39 is 0 Å². The van der Waals surface area contributed by atoms with Crippen molar-refractivity contribution >= 4 is 45.2 Å². The third kappa shape index (κ3) is 4.10. The number of aromatic hydroxyl groups is 1. The van der Waals surface area contributed by atoms with Crippen LogP contribution in [0.15, 0.2) is 79.0 Å². The van der Waals surface area contributed by atoms with E-state index in [4.69, 9.17) is 11.6 Å². The number of benzene rings is 3. The zero-order chi connectivity index (χ0) is 25.7. The third-order valence-corrected chi connectivity index (χ3v) is 6.82. The fourth-order valence-electron chi connectivity index (χ4n) is 4.96. The van der Waals surface area contributed by atoms with Gasteiger partial charge in [-0.05, 0) is 58.9 Å². The summed E-state index contributed by atoms with van der Waals surface area (Å²) >= 11 is 0. The van der Waals surface area contributed by atoms with E-state index >= 15 is 0 Å². The van der Waals surface area contributed by atoms with E-state index in [-0.39, 0.29) is 26.8 Å². The van der Waals surface area contributed by atoms with Crippen molar-refractivity contribution in [2.45, 2.75) is 19.8 Å². The maximum absolute atomic E-state index is 10.6. The molecule has 1 aliphatic heterocycles. The maximum Gasteiger partial charge on any atom is 0.189 e. The topological polar surface area (TPSA) is 56.9 Å². The van der Waals surface area contributed by atoms with Gasteiger partial charge in [-0.2, -0.15) is 0 Å². The zero-order valence-electron chi connectivity index (χ0n) is 21.1. The number of rotatable bonds is 3. The molecule has 1 aliphatic rings. The minimum absolute atomic E-state index is 0. The summed E-state index contributed by atoms with van der Waals surface area (Å²) in [5, 5.41) is 11.6. The van der Waals surface area contributed by atoms with Crippen molar-refractivity contribution in [3.05, 3.63) is 102 Å². The van der Waals surface area contributed by atoms with E-state index in [1.165, 1.54) is 0 Å². The van der Waals surface area contributed by atoms with E-state index in [1.54, 1.807) is 12.3 Å². The first-order chi connectivity index (χ1) is 18.0. The molecule has 6 rings (SSSR count). The fourth-order valence-corrected chi connectivity index (χ4v) is 4.96. The Morgan fingerprint density at radius 3 is 2.50 bits per heavy atom. The molecule has 0 radical (unpaired) electrons. The number of hydrogen-bond acceptors (Lipinski definition) is 5. The monoisotopic (exact) mass is 677 g/mol. The normalized spacial score (nSPS) is 12.1. The molecule has 190 valence electrons. The first kappa shape index (κ1) is 25.4. The Morgan fingerprint density at radius 1 is 0.947 bits per heavy atom. The molecule has 0 saturated heterocycles. The minimum atomic E-state index is 0. The predicted octanol–water partition coefficient (Wildman–Crippen LogP) is 8.03. The van der Waals surface area contributed by atoms with Crippen molar-refractivity contribution in [3.8, 4) is 17.0 Å². The second-order valence-corrected chi connectivity index (χ2v) is 9.39. The molecule has 0 saturated carbocycles. The minimum Gasteiger partial charge on any atom is -0.506 e. The Balaban J connectivity index is 0.00000294. The molecule has 0 bridgehead atoms. The van der Waals surface area contributed by atoms with Crippen LogP contribution in [0.25, 0.3) is 27.0 Å². The standard InChI is InChI=1S/C31H24N5O.Pt/c1-19(2)22-11-15-29(37)31-23(22)10-12-24(34-31)20-8-13-25-27(17-20)36(30-7-5-6-16-33-30)28-18-21(32-3)9-14-26(28)35(25)4;/h5-16,18-19,37H,1-2,4H3;/q-1;. The zero-order valence-corrected chi connectivity index (χ0v) is 23.4. The number of hydrogen-bond donors (Lipinski definition) is 1. The molecule has 38 heavy (non-hydrogen) atoms. The first-order valence-corrected chi connectivity index (χ1v) is 12.1. The van der Waals surface area contributed by atoms with E-state index in [0.29, 0.717) is 17.1 Å². The van der Waals surface area contributed by atoms with Gasteiger partial charge in [-0.25, -0.2) is 9.83 Å². The van der Waals surface area contributed by atoms with Crippen LogP contribution in [0.1, 0.15) is 25.3 Å². The molecule has 3 aromatic carbocycles. The summed E-state index contributed by atoms with van der Waals surface area (Å²) in [7, 11) is 2.01. The SMILES string of the molecule is [C-]#[N+]c1ccc2c(c1)N(c1ccccn1)c1[c-]c(-c3ccc4c(C(C)C)ccc(O)c4n3)ccc1N2C.[Pt]. The summed E-state index contributed by atoms with van der Waals surface area (Å²) in [6, 6.07) is 26.8. The number of anilines is 5. The number of nitrogens with zero attached hydrogens (tertiary/aromatic N) is 5. The van der Waals surface area contributed by atoms with E-state index in [9.17, 15) is 5.11 Å². The Hall–Kier alpha value is -4.20. The second kappa shape index (κ2) is 9.93. The molecule has 3 heterocycles. The average Bonchev–Trinajstić information content (AvgIpc) is 2.93. The molecule has 1 N–H and O–H groups in total. The molecular weight excluding hydrogens is 653 g/mol. The van der Waals surface area contributed by atoms with Gasteiger partial charge in [0.25, 0.3) is 0 Å². The molecule has 0 fully saturated rings. The summed E-state index contributed by atoms with van der Waals surface area (Å²) in [5.41, 5.74) is 7.42. The molecular formula is C31H24N5OPt-. The molecule has 6 nitrogen and oxygen atoms in total. The quantitative estimate of drug-likeness (QED) is 0.196. The number of aromatic nitrogens is 2. The van der Waals surface area contributed by atoms with Gasteiger partial charge < -0.3 is 14.9 Å².